The van der Waals surface area contributed by atoms with Gasteiger partial charge in [0.05, 0.1) is 28.3 Å². The van der Waals surface area contributed by atoms with Crippen LogP contribution in [0.2, 0.25) is 0 Å². The quantitative estimate of drug-likeness (QED) is 0.274. The van der Waals surface area contributed by atoms with E-state index < -0.39 is 32.5 Å². The summed E-state index contributed by atoms with van der Waals surface area (Å²) in [4.78, 5) is 13.0. The van der Waals surface area contributed by atoms with Gasteiger partial charge in [-0.3, -0.25) is 13.8 Å². The first-order valence-electron chi connectivity index (χ1n) is 12.2. The van der Waals surface area contributed by atoms with E-state index in [-0.39, 0.29) is 9.79 Å². The molecule has 0 aliphatic heterocycles. The summed E-state index contributed by atoms with van der Waals surface area (Å²) in [7, 11) is -6.55. The molecule has 0 aliphatic rings. The maximum Gasteiger partial charge on any atom is 0.264 e. The molecule has 0 heterocycles. The van der Waals surface area contributed by atoms with Crippen LogP contribution in [0.1, 0.15) is 11.1 Å². The van der Waals surface area contributed by atoms with Gasteiger partial charge < -0.3 is 10.1 Å². The molecule has 208 valence electrons. The van der Waals surface area contributed by atoms with Crippen molar-refractivity contribution in [1.29, 1.82) is 0 Å². The Morgan fingerprint density at radius 3 is 2.10 bits per heavy atom. The average molecular weight is 580 g/mol. The Morgan fingerprint density at radius 1 is 0.775 bits per heavy atom. The molecule has 0 unspecified atom stereocenters. The third kappa shape index (κ3) is 6.61. The van der Waals surface area contributed by atoms with Gasteiger partial charge in [-0.25, -0.2) is 16.8 Å². The topological polar surface area (TPSA) is 122 Å². The van der Waals surface area contributed by atoms with Crippen LogP contribution in [-0.2, 0) is 24.8 Å². The third-order valence-electron chi connectivity index (χ3n) is 5.96. The first kappa shape index (κ1) is 28.7. The number of hydrogen-bond acceptors (Lipinski definition) is 6. The lowest BCUT2D eigenvalue weighted by Crippen LogP contribution is -2.38. The fourth-order valence-electron chi connectivity index (χ4n) is 3.97. The van der Waals surface area contributed by atoms with E-state index in [0.717, 1.165) is 15.4 Å². The van der Waals surface area contributed by atoms with E-state index in [9.17, 15) is 21.6 Å². The molecular formula is C29H29N3O6S2. The highest BCUT2D eigenvalue weighted by Gasteiger charge is 2.27. The van der Waals surface area contributed by atoms with E-state index in [0.29, 0.717) is 22.8 Å². The molecule has 0 atom stereocenters. The van der Waals surface area contributed by atoms with Crippen LogP contribution in [0.15, 0.2) is 107 Å². The molecule has 11 heteroatoms. The molecule has 9 nitrogen and oxygen atoms in total. The number of rotatable bonds is 10. The van der Waals surface area contributed by atoms with Crippen molar-refractivity contribution in [3.8, 4) is 5.75 Å². The Labute approximate surface area is 234 Å². The molecule has 4 rings (SSSR count). The summed E-state index contributed by atoms with van der Waals surface area (Å²) in [5, 5.41) is 2.65. The molecule has 0 aromatic heterocycles. The van der Waals surface area contributed by atoms with Gasteiger partial charge in [-0.15, -0.1) is 0 Å². The minimum Gasteiger partial charge on any atom is -0.495 e. The fraction of sp³-hybridized carbons (Fsp3) is 0.138. The maximum atomic E-state index is 13.5. The molecule has 4 aromatic rings. The molecule has 0 saturated heterocycles. The summed E-state index contributed by atoms with van der Waals surface area (Å²) in [5.74, 6) is -0.221. The van der Waals surface area contributed by atoms with Gasteiger partial charge in [0, 0.05) is 5.69 Å². The van der Waals surface area contributed by atoms with E-state index in [4.69, 9.17) is 4.74 Å². The Morgan fingerprint density at radius 2 is 1.45 bits per heavy atom. The number of carbonyl (C=O) groups is 1. The van der Waals surface area contributed by atoms with Gasteiger partial charge in [-0.1, -0.05) is 36.4 Å². The lowest BCUT2D eigenvalue weighted by Gasteiger charge is -2.24. The number of anilines is 3. The zero-order chi connectivity index (χ0) is 28.9. The summed E-state index contributed by atoms with van der Waals surface area (Å²) in [6.45, 7) is 3.17. The van der Waals surface area contributed by atoms with Crippen LogP contribution in [0.4, 0.5) is 17.1 Å². The molecular weight excluding hydrogens is 550 g/mol. The van der Waals surface area contributed by atoms with Crippen LogP contribution >= 0.6 is 0 Å². The van der Waals surface area contributed by atoms with Crippen LogP contribution in [0, 0.1) is 13.8 Å². The molecule has 0 aliphatic carbocycles. The van der Waals surface area contributed by atoms with Gasteiger partial charge in [0.1, 0.15) is 12.3 Å². The number of methoxy groups -OCH3 is 1. The van der Waals surface area contributed by atoms with Gasteiger partial charge >= 0.3 is 0 Å². The van der Waals surface area contributed by atoms with Crippen LogP contribution in [0.5, 0.6) is 5.75 Å². The normalized spacial score (nSPS) is 11.5. The van der Waals surface area contributed by atoms with E-state index in [1.54, 1.807) is 54.6 Å². The first-order valence-corrected chi connectivity index (χ1v) is 15.1. The van der Waals surface area contributed by atoms with Crippen LogP contribution in [-0.4, -0.2) is 36.4 Å². The second-order valence-electron chi connectivity index (χ2n) is 9.05. The highest BCUT2D eigenvalue weighted by Crippen LogP contribution is 2.28. The molecule has 0 fully saturated rings. The third-order valence-corrected chi connectivity index (χ3v) is 9.13. The second kappa shape index (κ2) is 11.8. The number of sulfonamides is 2. The molecule has 0 bridgehead atoms. The number of aryl methyl sites for hydroxylation is 2. The summed E-state index contributed by atoms with van der Waals surface area (Å²) in [6.07, 6.45) is 0. The zero-order valence-corrected chi connectivity index (χ0v) is 23.8. The van der Waals surface area contributed by atoms with Crippen LogP contribution < -0.4 is 19.1 Å². The Hall–Kier alpha value is -4.35. The monoisotopic (exact) mass is 579 g/mol. The predicted molar refractivity (Wildman–Crippen MR) is 156 cm³/mol. The number of ether oxygens (including phenoxy) is 1. The SMILES string of the molecule is COc1ccc(C)cc1NS(=O)(=O)c1ccc(NC(=O)CN(c2cccc(C)c2)S(=O)(=O)c2ccccc2)cc1. The van der Waals surface area contributed by atoms with Crippen LogP contribution in [0.25, 0.3) is 0 Å². The van der Waals surface area contributed by atoms with Crippen molar-refractivity contribution in [2.45, 2.75) is 23.6 Å². The van der Waals surface area contributed by atoms with Crippen molar-refractivity contribution >= 4 is 43.0 Å². The lowest BCUT2D eigenvalue weighted by atomic mass is 10.2. The van der Waals surface area contributed by atoms with Crippen molar-refractivity contribution in [3.05, 3.63) is 108 Å². The summed E-state index contributed by atoms with van der Waals surface area (Å²) < 4.78 is 61.7. The predicted octanol–water partition coefficient (Wildman–Crippen LogP) is 4.95. The Balaban J connectivity index is 1.53. The summed E-state index contributed by atoms with van der Waals surface area (Å²) in [6, 6.07) is 25.4. The van der Waals surface area contributed by atoms with Crippen molar-refractivity contribution in [3.63, 3.8) is 0 Å². The van der Waals surface area contributed by atoms with Gasteiger partial charge in [0.15, 0.2) is 0 Å². The molecule has 40 heavy (non-hydrogen) atoms. The van der Waals surface area contributed by atoms with E-state index in [1.165, 1.54) is 43.5 Å². The number of nitrogens with zero attached hydrogens (tertiary/aromatic N) is 1. The first-order chi connectivity index (χ1) is 19.0. The summed E-state index contributed by atoms with van der Waals surface area (Å²) >= 11 is 0. The number of nitrogens with one attached hydrogen (secondary N) is 2. The zero-order valence-electron chi connectivity index (χ0n) is 22.2. The van der Waals surface area contributed by atoms with Crippen LogP contribution in [0.3, 0.4) is 0 Å². The highest BCUT2D eigenvalue weighted by atomic mass is 32.2. The number of carbonyl (C=O) groups excluding carboxylic acids is 1. The van der Waals surface area contributed by atoms with Crippen molar-refractivity contribution < 1.29 is 26.4 Å². The van der Waals surface area contributed by atoms with Gasteiger partial charge in [0.25, 0.3) is 20.0 Å². The smallest absolute Gasteiger partial charge is 0.264 e. The highest BCUT2D eigenvalue weighted by molar-refractivity contribution is 7.93. The van der Waals surface area contributed by atoms with Crippen molar-refractivity contribution in [2.24, 2.45) is 0 Å². The molecule has 0 saturated carbocycles. The molecule has 2 N–H and O–H groups in total. The lowest BCUT2D eigenvalue weighted by molar-refractivity contribution is -0.114. The maximum absolute atomic E-state index is 13.5. The largest absolute Gasteiger partial charge is 0.495 e. The molecule has 0 radical (unpaired) electrons. The molecule has 0 spiro atoms. The number of benzene rings is 4. The number of amides is 1. The Bertz CT molecular complexity index is 1720. The number of hydrogen-bond donors (Lipinski definition) is 2. The van der Waals surface area contributed by atoms with Gasteiger partial charge in [0.2, 0.25) is 5.91 Å². The van der Waals surface area contributed by atoms with Crippen molar-refractivity contribution in [1.82, 2.24) is 0 Å². The van der Waals surface area contributed by atoms with Gasteiger partial charge in [-0.05, 0) is 85.6 Å². The minimum atomic E-state index is -4.05. The second-order valence-corrected chi connectivity index (χ2v) is 12.6. The van der Waals surface area contributed by atoms with E-state index in [1.807, 2.05) is 19.9 Å². The van der Waals surface area contributed by atoms with E-state index in [2.05, 4.69) is 10.0 Å². The van der Waals surface area contributed by atoms with Crippen molar-refractivity contribution in [2.75, 3.05) is 28.0 Å². The standard InChI is InChI=1S/C29H29N3O6S2/c1-21-8-7-9-24(18-21)32(40(36,37)26-10-5-4-6-11-26)20-29(33)30-23-13-15-25(16-14-23)39(34,35)31-27-19-22(2)12-17-28(27)38-3/h4-19,31H,20H2,1-3H3,(H,30,33). The minimum absolute atomic E-state index is 0.0258. The Kier molecular flexibility index (Phi) is 8.46. The average Bonchev–Trinajstić information content (AvgIpc) is 2.92. The van der Waals surface area contributed by atoms with E-state index >= 15 is 0 Å². The molecule has 1 amide bonds. The summed E-state index contributed by atoms with van der Waals surface area (Å²) in [5.41, 5.74) is 2.64. The molecule has 4 aromatic carbocycles. The fourth-order valence-corrected chi connectivity index (χ4v) is 6.47. The van der Waals surface area contributed by atoms with Gasteiger partial charge in [-0.2, -0.15) is 0 Å².